The van der Waals surface area contributed by atoms with E-state index in [4.69, 9.17) is 16.3 Å². The molecule has 1 aliphatic heterocycles. The molecule has 0 saturated carbocycles. The number of aryl methyl sites for hydroxylation is 1. The van der Waals surface area contributed by atoms with Gasteiger partial charge in [-0.3, -0.25) is 9.59 Å². The van der Waals surface area contributed by atoms with Gasteiger partial charge in [0.25, 0.3) is 0 Å². The van der Waals surface area contributed by atoms with Gasteiger partial charge in [-0.25, -0.2) is 4.39 Å². The smallest absolute Gasteiger partial charge is 0.311 e. The van der Waals surface area contributed by atoms with Crippen molar-refractivity contribution < 1.29 is 18.7 Å². The molecule has 1 saturated heterocycles. The molecule has 6 heteroatoms. The van der Waals surface area contributed by atoms with Crippen molar-refractivity contribution in [3.63, 3.8) is 0 Å². The molecule has 1 heterocycles. The van der Waals surface area contributed by atoms with Crippen LogP contribution in [-0.4, -0.2) is 18.4 Å². The Morgan fingerprint density at radius 3 is 2.68 bits per heavy atom. The van der Waals surface area contributed by atoms with E-state index in [2.05, 4.69) is 0 Å². The molecule has 0 radical (unpaired) electrons. The van der Waals surface area contributed by atoms with Gasteiger partial charge < -0.3 is 9.64 Å². The first-order valence-corrected chi connectivity index (χ1v) is 8.30. The molecule has 0 unspecified atom stereocenters. The molecule has 25 heavy (non-hydrogen) atoms. The van der Waals surface area contributed by atoms with Gasteiger partial charge in [0.05, 0.1) is 10.9 Å². The molecular weight excluding hydrogens is 345 g/mol. The van der Waals surface area contributed by atoms with Crippen molar-refractivity contribution in [1.29, 1.82) is 0 Å². The van der Waals surface area contributed by atoms with E-state index in [-0.39, 0.29) is 36.1 Å². The summed E-state index contributed by atoms with van der Waals surface area (Å²) in [5.41, 5.74) is 1.98. The van der Waals surface area contributed by atoms with E-state index in [0.717, 1.165) is 11.3 Å². The van der Waals surface area contributed by atoms with Crippen molar-refractivity contribution in [2.24, 2.45) is 5.92 Å². The summed E-state index contributed by atoms with van der Waals surface area (Å²) >= 11 is 5.92. The number of ether oxygens (including phenoxy) is 1. The Morgan fingerprint density at radius 2 is 2.00 bits per heavy atom. The number of anilines is 1. The lowest BCUT2D eigenvalue weighted by molar-refractivity contribution is -0.149. The third-order valence-electron chi connectivity index (χ3n) is 4.22. The highest BCUT2D eigenvalue weighted by Gasteiger charge is 2.36. The van der Waals surface area contributed by atoms with Gasteiger partial charge in [-0.2, -0.15) is 0 Å². The fourth-order valence-corrected chi connectivity index (χ4v) is 2.99. The third kappa shape index (κ3) is 3.82. The molecule has 3 rings (SSSR count). The quantitative estimate of drug-likeness (QED) is 0.776. The van der Waals surface area contributed by atoms with Crippen LogP contribution in [0.15, 0.2) is 42.5 Å². The molecule has 2 aromatic rings. The summed E-state index contributed by atoms with van der Waals surface area (Å²) in [5, 5.41) is 0.205. The Morgan fingerprint density at radius 1 is 1.28 bits per heavy atom. The molecule has 4 nitrogen and oxygen atoms in total. The van der Waals surface area contributed by atoms with Gasteiger partial charge >= 0.3 is 5.97 Å². The van der Waals surface area contributed by atoms with Gasteiger partial charge in [-0.15, -0.1) is 0 Å². The average Bonchev–Trinajstić information content (AvgIpc) is 2.97. The number of halogens is 2. The average molecular weight is 362 g/mol. The van der Waals surface area contributed by atoms with Crippen LogP contribution in [0, 0.1) is 18.7 Å². The van der Waals surface area contributed by atoms with Crippen molar-refractivity contribution >= 4 is 29.2 Å². The number of amides is 1. The number of nitrogens with zero attached hydrogens (tertiary/aromatic N) is 1. The zero-order valence-electron chi connectivity index (χ0n) is 13.7. The molecule has 0 aromatic heterocycles. The number of rotatable bonds is 4. The lowest BCUT2D eigenvalue weighted by Crippen LogP contribution is -2.26. The van der Waals surface area contributed by atoms with E-state index in [1.807, 2.05) is 31.2 Å². The number of esters is 1. The summed E-state index contributed by atoms with van der Waals surface area (Å²) in [4.78, 5) is 26.0. The largest absolute Gasteiger partial charge is 0.460 e. The second kappa shape index (κ2) is 7.23. The Labute approximate surface area is 150 Å². The van der Waals surface area contributed by atoms with Crippen LogP contribution < -0.4 is 4.90 Å². The van der Waals surface area contributed by atoms with Crippen LogP contribution >= 0.6 is 11.6 Å². The van der Waals surface area contributed by atoms with E-state index in [9.17, 15) is 14.0 Å². The van der Waals surface area contributed by atoms with E-state index in [0.29, 0.717) is 0 Å². The Kier molecular flexibility index (Phi) is 5.04. The highest BCUT2D eigenvalue weighted by Crippen LogP contribution is 2.27. The molecule has 130 valence electrons. The SMILES string of the molecule is Cc1ccc(N2C[C@H](C(=O)OCc3c(F)cccc3Cl)CC2=O)cc1. The third-order valence-corrected chi connectivity index (χ3v) is 4.58. The first-order chi connectivity index (χ1) is 12.0. The Balaban J connectivity index is 1.64. The van der Waals surface area contributed by atoms with Crippen LogP contribution in [0.25, 0.3) is 0 Å². The maximum absolute atomic E-state index is 13.7. The maximum atomic E-state index is 13.7. The predicted molar refractivity (Wildman–Crippen MR) is 92.8 cm³/mol. The van der Waals surface area contributed by atoms with Crippen LogP contribution in [0.3, 0.4) is 0 Å². The molecule has 0 N–H and O–H groups in total. The minimum Gasteiger partial charge on any atom is -0.460 e. The van der Waals surface area contributed by atoms with E-state index >= 15 is 0 Å². The first-order valence-electron chi connectivity index (χ1n) is 7.92. The summed E-state index contributed by atoms with van der Waals surface area (Å²) in [6.07, 6.45) is 0.0811. The molecule has 1 fully saturated rings. The minimum absolute atomic E-state index is 0.0811. The van der Waals surface area contributed by atoms with E-state index < -0.39 is 17.7 Å². The van der Waals surface area contributed by atoms with Crippen molar-refractivity contribution in [1.82, 2.24) is 0 Å². The molecule has 0 aliphatic carbocycles. The van der Waals surface area contributed by atoms with Gasteiger partial charge in [0.2, 0.25) is 5.91 Å². The van der Waals surface area contributed by atoms with E-state index in [1.54, 1.807) is 4.90 Å². The van der Waals surface area contributed by atoms with E-state index in [1.165, 1.54) is 18.2 Å². The van der Waals surface area contributed by atoms with Crippen molar-refractivity contribution in [2.45, 2.75) is 20.0 Å². The fourth-order valence-electron chi connectivity index (χ4n) is 2.77. The summed E-state index contributed by atoms with van der Waals surface area (Å²) < 4.78 is 18.9. The predicted octanol–water partition coefficient (Wildman–Crippen LogP) is 3.88. The number of benzene rings is 2. The summed E-state index contributed by atoms with van der Waals surface area (Å²) in [5.74, 6) is -1.75. The number of hydrogen-bond acceptors (Lipinski definition) is 3. The van der Waals surface area contributed by atoms with Crippen LogP contribution in [0.2, 0.25) is 5.02 Å². The van der Waals surface area contributed by atoms with Crippen molar-refractivity contribution in [3.8, 4) is 0 Å². The molecule has 2 aromatic carbocycles. The second-order valence-corrected chi connectivity index (χ2v) is 6.46. The monoisotopic (exact) mass is 361 g/mol. The fraction of sp³-hybridized carbons (Fsp3) is 0.263. The number of carbonyl (C=O) groups excluding carboxylic acids is 2. The molecule has 1 atom stereocenters. The highest BCUT2D eigenvalue weighted by molar-refractivity contribution is 6.31. The first kappa shape index (κ1) is 17.4. The Bertz CT molecular complexity index is 787. The molecular formula is C19H17ClFNO3. The van der Waals surface area contributed by atoms with Gasteiger partial charge in [-0.1, -0.05) is 35.4 Å². The van der Waals surface area contributed by atoms with Crippen LogP contribution in [0.4, 0.5) is 10.1 Å². The van der Waals surface area contributed by atoms with Gasteiger partial charge in [-0.05, 0) is 31.2 Å². The van der Waals surface area contributed by atoms with Crippen LogP contribution in [0.5, 0.6) is 0 Å². The summed E-state index contributed by atoms with van der Waals surface area (Å²) in [7, 11) is 0. The molecule has 1 aliphatic rings. The van der Waals surface area contributed by atoms with Crippen LogP contribution in [-0.2, 0) is 20.9 Å². The van der Waals surface area contributed by atoms with Crippen LogP contribution in [0.1, 0.15) is 17.5 Å². The molecule has 0 spiro atoms. The zero-order valence-corrected chi connectivity index (χ0v) is 14.4. The van der Waals surface area contributed by atoms with Gasteiger partial charge in [0.1, 0.15) is 12.4 Å². The zero-order chi connectivity index (χ0) is 18.0. The number of hydrogen-bond donors (Lipinski definition) is 0. The summed E-state index contributed by atoms with van der Waals surface area (Å²) in [6.45, 7) is 1.97. The Hall–Kier alpha value is -2.40. The van der Waals surface area contributed by atoms with Crippen molar-refractivity contribution in [3.05, 3.63) is 64.4 Å². The molecule has 0 bridgehead atoms. The normalized spacial score (nSPS) is 17.0. The summed E-state index contributed by atoms with van der Waals surface area (Å²) in [6, 6.07) is 11.8. The van der Waals surface area contributed by atoms with Gasteiger partial charge in [0, 0.05) is 24.2 Å². The van der Waals surface area contributed by atoms with Crippen molar-refractivity contribution in [2.75, 3.05) is 11.4 Å². The lowest BCUT2D eigenvalue weighted by atomic mass is 10.1. The minimum atomic E-state index is -0.570. The maximum Gasteiger partial charge on any atom is 0.311 e. The standard InChI is InChI=1S/C19H17ClFNO3/c1-12-5-7-14(8-6-12)22-10-13(9-18(22)23)19(24)25-11-15-16(20)3-2-4-17(15)21/h2-8,13H,9-11H2,1H3/t13-/m1/s1. The second-order valence-electron chi connectivity index (χ2n) is 6.05. The highest BCUT2D eigenvalue weighted by atomic mass is 35.5. The molecule has 1 amide bonds. The number of carbonyl (C=O) groups is 2. The van der Waals surface area contributed by atoms with Gasteiger partial charge in [0.15, 0.2) is 0 Å². The lowest BCUT2D eigenvalue weighted by Gasteiger charge is -2.16. The topological polar surface area (TPSA) is 46.6 Å².